The van der Waals surface area contributed by atoms with Gasteiger partial charge in [-0.3, -0.25) is 4.79 Å². The van der Waals surface area contributed by atoms with Gasteiger partial charge >= 0.3 is 0 Å². The molecule has 0 radical (unpaired) electrons. The summed E-state index contributed by atoms with van der Waals surface area (Å²) in [5.74, 6) is 2.07. The summed E-state index contributed by atoms with van der Waals surface area (Å²) in [4.78, 5) is 14.1. The number of Topliss-reactive ketones (excluding diaryl/α,β-unsaturated/α-hetero) is 1. The Morgan fingerprint density at radius 2 is 1.38 bits per heavy atom. The molecule has 0 aromatic carbocycles. The molecule has 298 valence electrons. The van der Waals surface area contributed by atoms with E-state index in [0.29, 0.717) is 42.9 Å². The van der Waals surface area contributed by atoms with E-state index in [1.54, 1.807) is 6.92 Å². The van der Waals surface area contributed by atoms with Crippen molar-refractivity contribution in [3.05, 3.63) is 0 Å². The van der Waals surface area contributed by atoms with Crippen LogP contribution in [0.15, 0.2) is 0 Å². The Kier molecular flexibility index (Phi) is 11.3. The first-order chi connectivity index (χ1) is 24.6. The molecule has 0 aromatic heterocycles. The maximum Gasteiger partial charge on any atom is 0.189 e. The lowest BCUT2D eigenvalue weighted by atomic mass is 9.44. The van der Waals surface area contributed by atoms with Crippen LogP contribution in [0.4, 0.5) is 0 Å². The van der Waals surface area contributed by atoms with Gasteiger partial charge < -0.3 is 59.4 Å². The molecule has 0 spiro atoms. The molecule has 0 amide bonds. The van der Waals surface area contributed by atoms with E-state index in [1.165, 1.54) is 0 Å². The molecule has 3 aliphatic heterocycles. The summed E-state index contributed by atoms with van der Waals surface area (Å²) in [6.45, 7) is 10.2. The number of carbonyl (C=O) groups excluding carboxylic acids is 1. The fraction of sp³-hybridized carbons (Fsp3) is 0.974. The smallest absolute Gasteiger partial charge is 0.189 e. The van der Waals surface area contributed by atoms with Gasteiger partial charge in [-0.2, -0.15) is 0 Å². The number of rotatable bonds is 7. The van der Waals surface area contributed by atoms with Gasteiger partial charge in [0.15, 0.2) is 18.9 Å². The van der Waals surface area contributed by atoms with Gasteiger partial charge in [0, 0.05) is 18.3 Å². The average molecular weight is 741 g/mol. The Bertz CT molecular complexity index is 1270. The minimum absolute atomic E-state index is 0.0398. The van der Waals surface area contributed by atoms with E-state index in [2.05, 4.69) is 27.7 Å². The number of hydrogen-bond donors (Lipinski definition) is 7. The van der Waals surface area contributed by atoms with E-state index in [-0.39, 0.29) is 46.6 Å². The second-order valence-electron chi connectivity index (χ2n) is 18.3. The highest BCUT2D eigenvalue weighted by Crippen LogP contribution is 2.68. The molecule has 0 bridgehead atoms. The molecule has 0 aromatic rings. The van der Waals surface area contributed by atoms with Crippen molar-refractivity contribution in [1.82, 2.24) is 0 Å². The SMILES string of the molecule is C[C@@H]([C@H]1CCC2C3CC(=O)C4C[C@@H](O[C@@H]5O[C@H](CO)[C@@H](O)[C@H](O)[C@H]5O)CC[C@]4(C)C3CC[C@@]21C)[C@H]1CC[C@H](C)[C@@H](O[C@@H]2O[C@@H](C)[C@H](O)[C@@H](O)[C@H]2O)O1. The lowest BCUT2D eigenvalue weighted by Gasteiger charge is -2.61. The largest absolute Gasteiger partial charge is 0.394 e. The third-order valence-corrected chi connectivity index (χ3v) is 15.6. The minimum atomic E-state index is -1.50. The number of ketones is 1. The number of fused-ring (bicyclic) bond motifs is 5. The quantitative estimate of drug-likeness (QED) is 0.186. The zero-order valence-corrected chi connectivity index (χ0v) is 31.4. The van der Waals surface area contributed by atoms with Crippen LogP contribution in [0.5, 0.6) is 0 Å². The lowest BCUT2D eigenvalue weighted by Crippen LogP contribution is -2.61. The molecule has 7 N–H and O–H groups in total. The Morgan fingerprint density at radius 1 is 0.731 bits per heavy atom. The zero-order chi connectivity index (χ0) is 37.4. The average Bonchev–Trinajstić information content (AvgIpc) is 3.48. The Labute approximate surface area is 307 Å². The summed E-state index contributed by atoms with van der Waals surface area (Å²) < 4.78 is 30.4. The first-order valence-electron chi connectivity index (χ1n) is 20.1. The fourth-order valence-corrected chi connectivity index (χ4v) is 12.4. The van der Waals surface area contributed by atoms with Gasteiger partial charge in [0.25, 0.3) is 0 Å². The van der Waals surface area contributed by atoms with Crippen LogP contribution < -0.4 is 0 Å². The van der Waals surface area contributed by atoms with Gasteiger partial charge in [0.1, 0.15) is 48.5 Å². The fourth-order valence-electron chi connectivity index (χ4n) is 12.4. The number of aliphatic hydroxyl groups excluding tert-OH is 7. The molecule has 3 heterocycles. The summed E-state index contributed by atoms with van der Waals surface area (Å²) in [5, 5.41) is 71.7. The maximum absolute atomic E-state index is 14.1. The second kappa shape index (κ2) is 14.9. The minimum Gasteiger partial charge on any atom is -0.394 e. The van der Waals surface area contributed by atoms with Crippen LogP contribution in [0.2, 0.25) is 0 Å². The van der Waals surface area contributed by atoms with Gasteiger partial charge in [-0.05, 0) is 105 Å². The van der Waals surface area contributed by atoms with Crippen LogP contribution in [-0.2, 0) is 28.5 Å². The highest BCUT2D eigenvalue weighted by Gasteiger charge is 2.63. The third-order valence-electron chi connectivity index (χ3n) is 15.6. The summed E-state index contributed by atoms with van der Waals surface area (Å²) in [7, 11) is 0. The zero-order valence-electron chi connectivity index (χ0n) is 31.4. The van der Waals surface area contributed by atoms with Gasteiger partial charge in [-0.1, -0.05) is 27.7 Å². The van der Waals surface area contributed by atoms with Crippen molar-refractivity contribution in [2.24, 2.45) is 52.3 Å². The molecule has 52 heavy (non-hydrogen) atoms. The predicted octanol–water partition coefficient (Wildman–Crippen LogP) is 1.63. The maximum atomic E-state index is 14.1. The summed E-state index contributed by atoms with van der Waals surface area (Å²) >= 11 is 0. The van der Waals surface area contributed by atoms with Crippen molar-refractivity contribution in [2.75, 3.05) is 6.61 Å². The van der Waals surface area contributed by atoms with Crippen LogP contribution in [-0.4, -0.2) is 128 Å². The van der Waals surface area contributed by atoms with Crippen LogP contribution in [0.25, 0.3) is 0 Å². The van der Waals surface area contributed by atoms with Crippen LogP contribution >= 0.6 is 0 Å². The standard InChI is InChI=1S/C39H64O13/c1-17-6-9-27(50-35(17)52-36-33(46)31(44)29(42)19(3)48-36)18(2)22-7-8-23-21-15-26(41)25-14-20(10-12-39(25,5)24(21)11-13-38(22,23)4)49-37-34(47)32(45)30(43)28(16-40)51-37/h17-25,27-37,40,42-47H,6-16H2,1-5H3/t17-,18-,19-,20-,21?,22+,23?,24?,25?,27+,28+,29-,30+,31+,32-,33+,34+,35+,36-,37+,38+,39+/m0/s1. The topological polar surface area (TPSA) is 205 Å². The van der Waals surface area contributed by atoms with E-state index in [9.17, 15) is 40.5 Å². The molecule has 3 saturated heterocycles. The van der Waals surface area contributed by atoms with Crippen molar-refractivity contribution in [1.29, 1.82) is 0 Å². The van der Waals surface area contributed by atoms with E-state index in [4.69, 9.17) is 23.7 Å². The lowest BCUT2D eigenvalue weighted by molar-refractivity contribution is -0.352. The van der Waals surface area contributed by atoms with Crippen molar-refractivity contribution < 1.29 is 64.2 Å². The van der Waals surface area contributed by atoms with Gasteiger partial charge in [-0.25, -0.2) is 0 Å². The van der Waals surface area contributed by atoms with Crippen molar-refractivity contribution >= 4 is 5.78 Å². The first kappa shape index (κ1) is 39.4. The van der Waals surface area contributed by atoms with E-state index in [1.807, 2.05) is 0 Å². The second-order valence-corrected chi connectivity index (χ2v) is 18.3. The van der Waals surface area contributed by atoms with Gasteiger partial charge in [-0.15, -0.1) is 0 Å². The molecule has 4 saturated carbocycles. The van der Waals surface area contributed by atoms with E-state index in [0.717, 1.165) is 44.9 Å². The summed E-state index contributed by atoms with van der Waals surface area (Å²) in [5.41, 5.74) is -0.0745. The van der Waals surface area contributed by atoms with E-state index < -0.39 is 74.3 Å². The molecule has 22 atom stereocenters. The molecule has 4 unspecified atom stereocenters. The monoisotopic (exact) mass is 740 g/mol. The predicted molar refractivity (Wildman–Crippen MR) is 184 cm³/mol. The summed E-state index contributed by atoms with van der Waals surface area (Å²) in [6.07, 6.45) is -4.60. The Morgan fingerprint density at radius 3 is 2.10 bits per heavy atom. The number of carbonyl (C=O) groups is 1. The normalized spacial score (nSPS) is 56.0. The van der Waals surface area contributed by atoms with Gasteiger partial charge in [0.2, 0.25) is 0 Å². The Hall–Kier alpha value is -0.810. The molecular formula is C39H64O13. The molecule has 7 rings (SSSR count). The van der Waals surface area contributed by atoms with Crippen molar-refractivity contribution in [3.63, 3.8) is 0 Å². The van der Waals surface area contributed by atoms with Crippen molar-refractivity contribution in [2.45, 2.75) is 179 Å². The highest BCUT2D eigenvalue weighted by molar-refractivity contribution is 5.83. The number of hydrogen-bond acceptors (Lipinski definition) is 13. The molecular weight excluding hydrogens is 676 g/mol. The third kappa shape index (κ3) is 6.64. The first-order valence-corrected chi connectivity index (χ1v) is 20.1. The molecule has 7 fully saturated rings. The van der Waals surface area contributed by atoms with E-state index >= 15 is 0 Å². The number of aliphatic hydroxyl groups is 7. The van der Waals surface area contributed by atoms with Crippen LogP contribution in [0.3, 0.4) is 0 Å². The van der Waals surface area contributed by atoms with Crippen molar-refractivity contribution in [3.8, 4) is 0 Å². The van der Waals surface area contributed by atoms with Gasteiger partial charge in [0.05, 0.1) is 24.9 Å². The highest BCUT2D eigenvalue weighted by atomic mass is 16.8. The molecule has 7 aliphatic rings. The molecule has 4 aliphatic carbocycles. The molecule has 13 heteroatoms. The Balaban J connectivity index is 0.993. The van der Waals surface area contributed by atoms with Crippen LogP contribution in [0.1, 0.15) is 98.8 Å². The number of ether oxygens (including phenoxy) is 5. The summed E-state index contributed by atoms with van der Waals surface area (Å²) in [6, 6.07) is 0. The molecule has 13 nitrogen and oxygen atoms in total. The van der Waals surface area contributed by atoms with Crippen LogP contribution in [0, 0.1) is 52.3 Å².